The van der Waals surface area contributed by atoms with Crippen molar-refractivity contribution in [3.8, 4) is 0 Å². The van der Waals surface area contributed by atoms with E-state index in [4.69, 9.17) is 0 Å². The van der Waals surface area contributed by atoms with E-state index in [1.54, 1.807) is 51.3 Å². The van der Waals surface area contributed by atoms with Crippen LogP contribution in [-0.4, -0.2) is 31.0 Å². The summed E-state index contributed by atoms with van der Waals surface area (Å²) in [4.78, 5) is 24.0. The summed E-state index contributed by atoms with van der Waals surface area (Å²) >= 11 is 1.36. The van der Waals surface area contributed by atoms with Gasteiger partial charge in [0.2, 0.25) is 10.0 Å². The lowest BCUT2D eigenvalue weighted by atomic mass is 10.1. The maximum atomic E-state index is 12.7. The molecular formula is C19H23N3O5S2. The topological polar surface area (TPSA) is 118 Å². The van der Waals surface area contributed by atoms with Crippen LogP contribution in [0, 0.1) is 10.1 Å². The van der Waals surface area contributed by atoms with Crippen LogP contribution in [-0.2, 0) is 16.6 Å². The molecule has 0 spiro atoms. The maximum absolute atomic E-state index is 12.7. The van der Waals surface area contributed by atoms with Crippen molar-refractivity contribution in [2.75, 3.05) is 6.26 Å². The molecule has 2 rings (SSSR count). The highest BCUT2D eigenvalue weighted by atomic mass is 32.2. The number of sulfonamides is 1. The second-order valence-corrected chi connectivity index (χ2v) is 9.82. The number of rotatable bonds is 7. The number of carbonyl (C=O) groups excluding carboxylic acids is 1. The predicted molar refractivity (Wildman–Crippen MR) is 113 cm³/mol. The maximum Gasteiger partial charge on any atom is 0.282 e. The summed E-state index contributed by atoms with van der Waals surface area (Å²) in [6.07, 6.45) is 1.80. The molecule has 0 aromatic heterocycles. The van der Waals surface area contributed by atoms with Gasteiger partial charge in [-0.2, -0.15) is 0 Å². The van der Waals surface area contributed by atoms with Crippen LogP contribution in [0.5, 0.6) is 0 Å². The lowest BCUT2D eigenvalue weighted by molar-refractivity contribution is -0.385. The molecule has 0 radical (unpaired) electrons. The van der Waals surface area contributed by atoms with Crippen molar-refractivity contribution in [3.63, 3.8) is 0 Å². The largest absolute Gasteiger partial charge is 0.348 e. The minimum absolute atomic E-state index is 0.0441. The van der Waals surface area contributed by atoms with E-state index in [0.29, 0.717) is 10.5 Å². The van der Waals surface area contributed by atoms with Crippen LogP contribution >= 0.6 is 11.8 Å². The molecule has 0 saturated heterocycles. The van der Waals surface area contributed by atoms with Crippen molar-refractivity contribution in [2.24, 2.45) is 0 Å². The lowest BCUT2D eigenvalue weighted by Gasteiger charge is -2.21. The van der Waals surface area contributed by atoms with Crippen molar-refractivity contribution in [1.82, 2.24) is 10.0 Å². The standard InChI is InChI=1S/C19H23N3O5S2/c1-19(2,3)21-29(26,27)17-8-6-5-7-13(17)12-20-18(23)15-11-14(28-4)9-10-16(15)22(24)25/h5-11,21H,12H2,1-4H3,(H,20,23). The molecule has 0 bridgehead atoms. The minimum atomic E-state index is -3.81. The van der Waals surface area contributed by atoms with E-state index in [0.717, 1.165) is 0 Å². The van der Waals surface area contributed by atoms with E-state index in [1.165, 1.54) is 30.0 Å². The molecule has 0 aliphatic carbocycles. The van der Waals surface area contributed by atoms with Crippen LogP contribution in [0.4, 0.5) is 5.69 Å². The summed E-state index contributed by atoms with van der Waals surface area (Å²) in [6, 6.07) is 10.6. The summed E-state index contributed by atoms with van der Waals surface area (Å²) in [5, 5.41) is 13.8. The molecule has 10 heteroatoms. The second kappa shape index (κ2) is 8.93. The van der Waals surface area contributed by atoms with Crippen LogP contribution in [0.1, 0.15) is 36.7 Å². The third kappa shape index (κ3) is 6.02. The Morgan fingerprint density at radius 2 is 1.83 bits per heavy atom. The Morgan fingerprint density at radius 1 is 1.17 bits per heavy atom. The number of nitrogens with one attached hydrogen (secondary N) is 2. The van der Waals surface area contributed by atoms with Gasteiger partial charge in [-0.25, -0.2) is 13.1 Å². The van der Waals surface area contributed by atoms with E-state index in [2.05, 4.69) is 10.0 Å². The van der Waals surface area contributed by atoms with Crippen molar-refractivity contribution in [2.45, 2.75) is 42.6 Å². The van der Waals surface area contributed by atoms with Gasteiger partial charge in [0, 0.05) is 23.0 Å². The van der Waals surface area contributed by atoms with E-state index in [9.17, 15) is 23.3 Å². The minimum Gasteiger partial charge on any atom is -0.348 e. The average molecular weight is 438 g/mol. The summed E-state index contributed by atoms with van der Waals surface area (Å²) in [7, 11) is -3.81. The Hall–Kier alpha value is -2.43. The van der Waals surface area contributed by atoms with Gasteiger partial charge in [-0.1, -0.05) is 18.2 Å². The van der Waals surface area contributed by atoms with Crippen LogP contribution in [0.3, 0.4) is 0 Å². The highest BCUT2D eigenvalue weighted by molar-refractivity contribution is 7.98. The highest BCUT2D eigenvalue weighted by Gasteiger charge is 2.25. The zero-order valence-electron chi connectivity index (χ0n) is 16.6. The van der Waals surface area contributed by atoms with Gasteiger partial charge < -0.3 is 5.32 Å². The van der Waals surface area contributed by atoms with Gasteiger partial charge in [0.25, 0.3) is 11.6 Å². The molecule has 0 fully saturated rings. The smallest absolute Gasteiger partial charge is 0.282 e. The summed E-state index contributed by atoms with van der Waals surface area (Å²) in [5.41, 5.74) is -0.680. The van der Waals surface area contributed by atoms with Crippen LogP contribution in [0.15, 0.2) is 52.3 Å². The zero-order valence-corrected chi connectivity index (χ0v) is 18.2. The van der Waals surface area contributed by atoms with Crippen molar-refractivity contribution < 1.29 is 18.1 Å². The van der Waals surface area contributed by atoms with E-state index in [-0.39, 0.29) is 22.7 Å². The molecule has 0 heterocycles. The normalized spacial score (nSPS) is 11.9. The molecule has 156 valence electrons. The van der Waals surface area contributed by atoms with Crippen molar-refractivity contribution in [1.29, 1.82) is 0 Å². The number of nitrogens with zero attached hydrogens (tertiary/aromatic N) is 1. The molecule has 0 unspecified atom stereocenters. The Bertz CT molecular complexity index is 1030. The molecule has 1 amide bonds. The van der Waals surface area contributed by atoms with Crippen LogP contribution in [0.2, 0.25) is 0 Å². The Balaban J connectivity index is 2.30. The van der Waals surface area contributed by atoms with E-state index in [1.807, 2.05) is 0 Å². The zero-order chi connectivity index (χ0) is 21.8. The number of amides is 1. The van der Waals surface area contributed by atoms with E-state index < -0.39 is 26.4 Å². The Morgan fingerprint density at radius 3 is 2.41 bits per heavy atom. The molecule has 2 aromatic rings. The number of hydrogen-bond acceptors (Lipinski definition) is 6. The third-order valence-electron chi connectivity index (χ3n) is 3.79. The number of hydrogen-bond donors (Lipinski definition) is 2. The number of thioether (sulfide) groups is 1. The van der Waals surface area contributed by atoms with Gasteiger partial charge in [-0.05, 0) is 50.8 Å². The monoisotopic (exact) mass is 437 g/mol. The Kier molecular flexibility index (Phi) is 7.04. The number of carbonyl (C=O) groups is 1. The molecule has 0 aliphatic rings. The molecule has 0 saturated carbocycles. The molecule has 2 aromatic carbocycles. The van der Waals surface area contributed by atoms with Gasteiger partial charge in [0.05, 0.1) is 9.82 Å². The number of benzene rings is 2. The summed E-state index contributed by atoms with van der Waals surface area (Å²) < 4.78 is 28.0. The van der Waals surface area contributed by atoms with Crippen LogP contribution in [0.25, 0.3) is 0 Å². The van der Waals surface area contributed by atoms with Gasteiger partial charge in [-0.3, -0.25) is 14.9 Å². The summed E-state index contributed by atoms with van der Waals surface area (Å²) in [5.74, 6) is -0.649. The SMILES string of the molecule is CSc1ccc([N+](=O)[O-])c(C(=O)NCc2ccccc2S(=O)(=O)NC(C)(C)C)c1. The second-order valence-electron chi connectivity index (χ2n) is 7.29. The number of nitro groups is 1. The number of nitro benzene ring substituents is 1. The molecule has 0 aliphatic heterocycles. The first-order chi connectivity index (χ1) is 13.4. The summed E-state index contributed by atoms with van der Waals surface area (Å²) in [6.45, 7) is 5.09. The van der Waals surface area contributed by atoms with Crippen molar-refractivity contribution >= 4 is 33.4 Å². The van der Waals surface area contributed by atoms with Crippen LogP contribution < -0.4 is 10.0 Å². The first-order valence-corrected chi connectivity index (χ1v) is 11.4. The first kappa shape index (κ1) is 22.9. The van der Waals surface area contributed by atoms with E-state index >= 15 is 0 Å². The van der Waals surface area contributed by atoms with Gasteiger partial charge in [0.15, 0.2) is 0 Å². The molecular weight excluding hydrogens is 414 g/mol. The molecule has 2 N–H and O–H groups in total. The fraction of sp³-hybridized carbons (Fsp3) is 0.316. The van der Waals surface area contributed by atoms with Gasteiger partial charge >= 0.3 is 0 Å². The lowest BCUT2D eigenvalue weighted by Crippen LogP contribution is -2.41. The average Bonchev–Trinajstić information content (AvgIpc) is 2.63. The quantitative estimate of drug-likeness (QED) is 0.390. The predicted octanol–water partition coefficient (Wildman–Crippen LogP) is 3.32. The van der Waals surface area contributed by atoms with Gasteiger partial charge in [0.1, 0.15) is 5.56 Å². The first-order valence-electron chi connectivity index (χ1n) is 8.67. The highest BCUT2D eigenvalue weighted by Crippen LogP contribution is 2.25. The molecule has 8 nitrogen and oxygen atoms in total. The molecule has 0 atom stereocenters. The third-order valence-corrected chi connectivity index (χ3v) is 6.37. The van der Waals surface area contributed by atoms with Crippen molar-refractivity contribution in [3.05, 3.63) is 63.7 Å². The molecule has 29 heavy (non-hydrogen) atoms. The Labute approximate surface area is 174 Å². The fourth-order valence-corrected chi connectivity index (χ4v) is 4.72. The van der Waals surface area contributed by atoms with Gasteiger partial charge in [-0.15, -0.1) is 11.8 Å². The fourth-order valence-electron chi connectivity index (χ4n) is 2.62.